The number of hydrogen-bond donors (Lipinski definition) is 0. The third kappa shape index (κ3) is 4.48. The molecule has 0 atom stereocenters. The van der Waals surface area contributed by atoms with Crippen LogP contribution in [0, 0.1) is 5.82 Å². The van der Waals surface area contributed by atoms with Gasteiger partial charge in [-0.25, -0.2) is 24.3 Å². The van der Waals surface area contributed by atoms with Gasteiger partial charge in [0.25, 0.3) is 0 Å². The van der Waals surface area contributed by atoms with Crippen molar-refractivity contribution in [2.24, 2.45) is 0 Å². The van der Waals surface area contributed by atoms with Crippen molar-refractivity contribution in [3.63, 3.8) is 0 Å². The molecule has 0 aliphatic carbocycles. The maximum absolute atomic E-state index is 13.0. The number of rotatable bonds is 6. The molecule has 12 heteroatoms. The smallest absolute Gasteiger partial charge is 0.225 e. The second-order valence-electron chi connectivity index (χ2n) is 7.03. The molecule has 4 aromatic heterocycles. The summed E-state index contributed by atoms with van der Waals surface area (Å²) < 4.78 is 20.3. The lowest BCUT2D eigenvalue weighted by Gasteiger charge is -2.30. The molecule has 0 spiro atoms. The molecule has 0 bridgehead atoms. The maximum Gasteiger partial charge on any atom is 0.225 e. The highest BCUT2D eigenvalue weighted by atomic mass is 32.1. The molecule has 10 nitrogen and oxygen atoms in total. The summed E-state index contributed by atoms with van der Waals surface area (Å²) >= 11 is 1.66. The third-order valence-electron chi connectivity index (χ3n) is 4.99. The Morgan fingerprint density at radius 2 is 1.94 bits per heavy atom. The zero-order valence-corrected chi connectivity index (χ0v) is 17.2. The van der Waals surface area contributed by atoms with Gasteiger partial charge in [-0.15, -0.1) is 16.4 Å². The fourth-order valence-corrected chi connectivity index (χ4v) is 4.36. The Balaban J connectivity index is 1.14. The molecule has 1 aliphatic rings. The molecule has 0 radical (unpaired) electrons. The lowest BCUT2D eigenvalue weighted by Crippen LogP contribution is -2.34. The highest BCUT2D eigenvalue weighted by molar-refractivity contribution is 7.09. The van der Waals surface area contributed by atoms with Crippen LogP contribution in [0.3, 0.4) is 0 Å². The van der Waals surface area contributed by atoms with Crippen molar-refractivity contribution in [2.45, 2.75) is 25.4 Å². The minimum atomic E-state index is -0.421. The minimum Gasteiger partial charge on any atom is -0.486 e. The van der Waals surface area contributed by atoms with Gasteiger partial charge in [-0.1, -0.05) is 0 Å². The first kappa shape index (κ1) is 19.4. The number of anilines is 1. The van der Waals surface area contributed by atoms with Crippen LogP contribution in [-0.4, -0.2) is 53.2 Å². The number of pyridine rings is 1. The van der Waals surface area contributed by atoms with Gasteiger partial charge in [-0.2, -0.15) is 4.68 Å². The van der Waals surface area contributed by atoms with E-state index in [1.807, 2.05) is 11.4 Å². The van der Waals surface area contributed by atoms with E-state index in [0.717, 1.165) is 36.6 Å². The highest BCUT2D eigenvalue weighted by Crippen LogP contribution is 2.31. The van der Waals surface area contributed by atoms with Gasteiger partial charge in [-0.05, 0) is 35.4 Å². The van der Waals surface area contributed by atoms with Crippen LogP contribution in [0.1, 0.15) is 29.5 Å². The first-order valence-corrected chi connectivity index (χ1v) is 10.6. The molecule has 0 saturated carbocycles. The maximum atomic E-state index is 13.0. The van der Waals surface area contributed by atoms with Gasteiger partial charge in [0.2, 0.25) is 5.95 Å². The lowest BCUT2D eigenvalue weighted by atomic mass is 9.98. The summed E-state index contributed by atoms with van der Waals surface area (Å²) in [5.41, 5.74) is 0.897. The van der Waals surface area contributed by atoms with Crippen LogP contribution in [0.15, 0.2) is 42.4 Å². The zero-order valence-electron chi connectivity index (χ0n) is 16.4. The number of hydrogen-bond acceptors (Lipinski definition) is 10. The monoisotopic (exact) mass is 439 g/mol. The molecule has 0 N–H and O–H groups in total. The van der Waals surface area contributed by atoms with Crippen LogP contribution in [0.25, 0.3) is 5.82 Å². The topological polar surface area (TPSA) is 108 Å². The zero-order chi connectivity index (χ0) is 21.0. The summed E-state index contributed by atoms with van der Waals surface area (Å²) in [7, 11) is 0. The SMILES string of the molecule is Fc1cnc(N2CCC(c3nc(COc4ccc(-n5cnnn5)nc4)cs3)CC2)nc1. The van der Waals surface area contributed by atoms with Crippen molar-refractivity contribution in [1.29, 1.82) is 0 Å². The fraction of sp³-hybridized carbons (Fsp3) is 0.316. The van der Waals surface area contributed by atoms with Gasteiger partial charge in [0.05, 0.1) is 29.3 Å². The highest BCUT2D eigenvalue weighted by Gasteiger charge is 2.24. The van der Waals surface area contributed by atoms with E-state index < -0.39 is 5.82 Å². The Hall–Kier alpha value is -3.54. The van der Waals surface area contributed by atoms with E-state index in [9.17, 15) is 4.39 Å². The normalized spacial score (nSPS) is 14.7. The molecule has 1 saturated heterocycles. The molecule has 5 heterocycles. The summed E-state index contributed by atoms with van der Waals surface area (Å²) in [5, 5.41) is 14.1. The van der Waals surface area contributed by atoms with Gasteiger partial charge in [-0.3, -0.25) is 0 Å². The van der Waals surface area contributed by atoms with E-state index in [1.165, 1.54) is 23.4 Å². The number of halogens is 1. The number of nitrogens with zero attached hydrogens (tertiary/aromatic N) is 9. The van der Waals surface area contributed by atoms with Crippen molar-refractivity contribution in [3.8, 4) is 11.6 Å². The fourth-order valence-electron chi connectivity index (χ4n) is 3.39. The van der Waals surface area contributed by atoms with Crippen LogP contribution in [0.4, 0.5) is 10.3 Å². The number of tetrazole rings is 1. The Labute approximate surface area is 180 Å². The average molecular weight is 439 g/mol. The summed E-state index contributed by atoms with van der Waals surface area (Å²) in [6.07, 6.45) is 7.44. The molecule has 0 amide bonds. The van der Waals surface area contributed by atoms with Crippen LogP contribution in [0.5, 0.6) is 5.75 Å². The first-order chi connectivity index (χ1) is 15.2. The Morgan fingerprint density at radius 3 is 2.65 bits per heavy atom. The number of thiazole rings is 1. The lowest BCUT2D eigenvalue weighted by molar-refractivity contribution is 0.300. The number of ether oxygens (including phenoxy) is 1. The third-order valence-corrected chi connectivity index (χ3v) is 6.05. The Morgan fingerprint density at radius 1 is 1.10 bits per heavy atom. The first-order valence-electron chi connectivity index (χ1n) is 9.73. The Kier molecular flexibility index (Phi) is 5.44. The summed E-state index contributed by atoms with van der Waals surface area (Å²) in [6, 6.07) is 3.61. The van der Waals surface area contributed by atoms with E-state index in [4.69, 9.17) is 9.72 Å². The largest absolute Gasteiger partial charge is 0.486 e. The molecule has 5 rings (SSSR count). The van der Waals surface area contributed by atoms with E-state index in [-0.39, 0.29) is 0 Å². The standard InChI is InChI=1S/C19H18FN9OS/c20-14-7-22-19(23-8-14)28-5-3-13(4-6-28)18-25-15(11-31-18)10-30-16-1-2-17(21-9-16)29-12-24-26-27-29/h1-2,7-9,11-13H,3-6,10H2. The second-order valence-corrected chi connectivity index (χ2v) is 7.92. The van der Waals surface area contributed by atoms with E-state index in [0.29, 0.717) is 30.0 Å². The molecule has 158 valence electrons. The van der Waals surface area contributed by atoms with Crippen molar-refractivity contribution in [3.05, 3.63) is 58.9 Å². The summed E-state index contributed by atoms with van der Waals surface area (Å²) in [5.74, 6) is 1.82. The number of aromatic nitrogens is 8. The molecule has 1 fully saturated rings. The number of piperidine rings is 1. The van der Waals surface area contributed by atoms with Crippen molar-refractivity contribution in [2.75, 3.05) is 18.0 Å². The molecule has 4 aromatic rings. The van der Waals surface area contributed by atoms with Gasteiger partial charge >= 0.3 is 0 Å². The van der Waals surface area contributed by atoms with Gasteiger partial charge in [0, 0.05) is 24.4 Å². The summed E-state index contributed by atoms with van der Waals surface area (Å²) in [4.78, 5) is 19.3. The molecule has 1 aliphatic heterocycles. The Bertz CT molecular complexity index is 1110. The molecule has 0 aromatic carbocycles. The van der Waals surface area contributed by atoms with Gasteiger partial charge in [0.1, 0.15) is 18.7 Å². The molecule has 0 unspecified atom stereocenters. The van der Waals surface area contributed by atoms with Crippen molar-refractivity contribution in [1.82, 2.24) is 40.1 Å². The molecular weight excluding hydrogens is 421 g/mol. The van der Waals surface area contributed by atoms with Crippen LogP contribution < -0.4 is 9.64 Å². The second kappa shape index (κ2) is 8.68. The van der Waals surface area contributed by atoms with Crippen LogP contribution >= 0.6 is 11.3 Å². The van der Waals surface area contributed by atoms with E-state index >= 15 is 0 Å². The van der Waals surface area contributed by atoms with E-state index in [1.54, 1.807) is 23.6 Å². The van der Waals surface area contributed by atoms with Gasteiger partial charge < -0.3 is 9.64 Å². The van der Waals surface area contributed by atoms with E-state index in [2.05, 4.69) is 35.4 Å². The van der Waals surface area contributed by atoms with Crippen LogP contribution in [-0.2, 0) is 6.61 Å². The van der Waals surface area contributed by atoms with Crippen LogP contribution in [0.2, 0.25) is 0 Å². The van der Waals surface area contributed by atoms with Crippen molar-refractivity contribution < 1.29 is 9.13 Å². The molecule has 31 heavy (non-hydrogen) atoms. The minimum absolute atomic E-state index is 0.380. The van der Waals surface area contributed by atoms with Crippen molar-refractivity contribution >= 4 is 17.3 Å². The predicted octanol–water partition coefficient (Wildman–Crippen LogP) is 2.41. The quantitative estimate of drug-likeness (QED) is 0.447. The predicted molar refractivity (Wildman–Crippen MR) is 110 cm³/mol. The van der Waals surface area contributed by atoms with Gasteiger partial charge in [0.15, 0.2) is 11.6 Å². The summed E-state index contributed by atoms with van der Waals surface area (Å²) in [6.45, 7) is 2.02. The molecular formula is C19H18FN9OS. The average Bonchev–Trinajstić information content (AvgIpc) is 3.51.